The Kier molecular flexibility index (Phi) is 3.86. The molecule has 1 aliphatic rings. The summed E-state index contributed by atoms with van der Waals surface area (Å²) in [7, 11) is 1.74. The molecule has 0 radical (unpaired) electrons. The molecule has 1 aromatic heterocycles. The fourth-order valence-electron chi connectivity index (χ4n) is 1.91. The number of carbonyl (C=O) groups is 2. The number of thiophene rings is 1. The van der Waals surface area contributed by atoms with Crippen LogP contribution in [0.15, 0.2) is 11.4 Å². The van der Waals surface area contributed by atoms with E-state index in [0.717, 1.165) is 6.54 Å². The van der Waals surface area contributed by atoms with E-state index in [1.54, 1.807) is 17.3 Å². The Morgan fingerprint density at radius 1 is 1.56 bits per heavy atom. The fourth-order valence-corrected chi connectivity index (χ4v) is 2.68. The van der Waals surface area contributed by atoms with Gasteiger partial charge in [-0.05, 0) is 30.2 Å². The number of amides is 2. The molecule has 5 nitrogen and oxygen atoms in total. The van der Waals surface area contributed by atoms with Crippen molar-refractivity contribution in [2.24, 2.45) is 5.92 Å². The lowest BCUT2D eigenvalue weighted by Crippen LogP contribution is -2.37. The van der Waals surface area contributed by atoms with Crippen LogP contribution < -0.4 is 5.32 Å². The number of nitrogens with one attached hydrogen (secondary N) is 1. The van der Waals surface area contributed by atoms with Crippen LogP contribution in [0, 0.1) is 5.92 Å². The van der Waals surface area contributed by atoms with Crippen LogP contribution in [0.5, 0.6) is 0 Å². The van der Waals surface area contributed by atoms with Crippen molar-refractivity contribution in [3.63, 3.8) is 0 Å². The topological polar surface area (TPSA) is 69.6 Å². The molecular weight excluding hydrogens is 252 g/mol. The number of urea groups is 1. The van der Waals surface area contributed by atoms with Crippen molar-refractivity contribution in [1.82, 2.24) is 4.90 Å². The predicted octanol–water partition coefficient (Wildman–Crippen LogP) is 2.71. The van der Waals surface area contributed by atoms with Crippen molar-refractivity contribution in [3.05, 3.63) is 17.0 Å². The molecule has 1 saturated carbocycles. The Balaban J connectivity index is 1.93. The van der Waals surface area contributed by atoms with Gasteiger partial charge in [-0.2, -0.15) is 0 Å². The molecule has 2 rings (SSSR count). The Labute approximate surface area is 109 Å². The van der Waals surface area contributed by atoms with E-state index in [0.29, 0.717) is 10.9 Å². The van der Waals surface area contributed by atoms with Crippen LogP contribution >= 0.6 is 11.3 Å². The molecule has 0 spiro atoms. The van der Waals surface area contributed by atoms with Crippen molar-refractivity contribution in [1.29, 1.82) is 0 Å². The zero-order valence-corrected chi connectivity index (χ0v) is 11.0. The van der Waals surface area contributed by atoms with Crippen LogP contribution in [-0.2, 0) is 0 Å². The first-order chi connectivity index (χ1) is 8.58. The van der Waals surface area contributed by atoms with Gasteiger partial charge in [0.05, 0.1) is 5.56 Å². The summed E-state index contributed by atoms with van der Waals surface area (Å²) >= 11 is 1.22. The second-order valence-corrected chi connectivity index (χ2v) is 5.49. The third kappa shape index (κ3) is 2.81. The summed E-state index contributed by atoms with van der Waals surface area (Å²) < 4.78 is 0. The number of hydrogen-bond acceptors (Lipinski definition) is 3. The average Bonchev–Trinajstić information content (AvgIpc) is 2.71. The van der Waals surface area contributed by atoms with Gasteiger partial charge in [-0.1, -0.05) is 6.42 Å². The monoisotopic (exact) mass is 268 g/mol. The van der Waals surface area contributed by atoms with Crippen molar-refractivity contribution < 1.29 is 14.7 Å². The van der Waals surface area contributed by atoms with Crippen LogP contribution in [0.3, 0.4) is 0 Å². The first kappa shape index (κ1) is 12.9. The minimum atomic E-state index is -1.02. The van der Waals surface area contributed by atoms with Gasteiger partial charge in [-0.15, -0.1) is 11.3 Å². The van der Waals surface area contributed by atoms with Gasteiger partial charge in [0.25, 0.3) is 0 Å². The minimum Gasteiger partial charge on any atom is -0.478 e. The van der Waals surface area contributed by atoms with Gasteiger partial charge in [0.1, 0.15) is 5.00 Å². The lowest BCUT2D eigenvalue weighted by molar-refractivity contribution is 0.0698. The Morgan fingerprint density at radius 2 is 2.28 bits per heavy atom. The summed E-state index contributed by atoms with van der Waals surface area (Å²) in [6.07, 6.45) is 3.60. The standard InChI is InChI=1S/C12H16N2O3S/c1-14(7-8-3-2-4-8)12(17)13-10-9(11(15)16)5-6-18-10/h5-6,8H,2-4,7H2,1H3,(H,13,17)(H,15,16). The molecule has 98 valence electrons. The lowest BCUT2D eigenvalue weighted by Gasteiger charge is -2.30. The van der Waals surface area contributed by atoms with Crippen LogP contribution in [-0.4, -0.2) is 35.6 Å². The Morgan fingerprint density at radius 3 is 2.83 bits per heavy atom. The highest BCUT2D eigenvalue weighted by Gasteiger charge is 2.22. The molecule has 0 saturated heterocycles. The molecule has 2 amide bonds. The molecule has 1 aromatic rings. The van der Waals surface area contributed by atoms with E-state index in [-0.39, 0.29) is 11.6 Å². The summed E-state index contributed by atoms with van der Waals surface area (Å²) in [5, 5.41) is 13.6. The van der Waals surface area contributed by atoms with Crippen molar-refractivity contribution in [2.45, 2.75) is 19.3 Å². The number of nitrogens with zero attached hydrogens (tertiary/aromatic N) is 1. The van der Waals surface area contributed by atoms with Gasteiger partial charge in [0.15, 0.2) is 0 Å². The summed E-state index contributed by atoms with van der Waals surface area (Å²) in [6.45, 7) is 0.736. The molecule has 1 heterocycles. The van der Waals surface area contributed by atoms with Crippen molar-refractivity contribution >= 4 is 28.3 Å². The summed E-state index contributed by atoms with van der Waals surface area (Å²) in [5.74, 6) is -0.420. The summed E-state index contributed by atoms with van der Waals surface area (Å²) in [6, 6.07) is 1.25. The molecule has 0 aliphatic heterocycles. The van der Waals surface area contributed by atoms with Gasteiger partial charge < -0.3 is 10.0 Å². The first-order valence-electron chi connectivity index (χ1n) is 5.91. The predicted molar refractivity (Wildman–Crippen MR) is 70.3 cm³/mol. The third-order valence-corrected chi connectivity index (χ3v) is 4.05. The quantitative estimate of drug-likeness (QED) is 0.882. The van der Waals surface area contributed by atoms with Crippen LogP contribution in [0.4, 0.5) is 9.80 Å². The third-order valence-electron chi connectivity index (χ3n) is 3.22. The van der Waals surface area contributed by atoms with Gasteiger partial charge in [-0.25, -0.2) is 9.59 Å². The maximum absolute atomic E-state index is 11.9. The zero-order valence-electron chi connectivity index (χ0n) is 10.2. The molecule has 0 atom stereocenters. The number of rotatable bonds is 4. The van der Waals surface area contributed by atoms with E-state index < -0.39 is 5.97 Å². The van der Waals surface area contributed by atoms with E-state index in [1.807, 2.05) is 0 Å². The molecule has 0 aromatic carbocycles. The second-order valence-electron chi connectivity index (χ2n) is 4.58. The molecule has 6 heteroatoms. The number of hydrogen-bond donors (Lipinski definition) is 2. The fraction of sp³-hybridized carbons (Fsp3) is 0.500. The summed E-state index contributed by atoms with van der Waals surface area (Å²) in [5.41, 5.74) is 0.144. The Hall–Kier alpha value is -1.56. The average molecular weight is 268 g/mol. The molecule has 0 bridgehead atoms. The highest BCUT2D eigenvalue weighted by Crippen LogP contribution is 2.27. The molecule has 1 fully saturated rings. The largest absolute Gasteiger partial charge is 0.478 e. The number of carbonyl (C=O) groups excluding carboxylic acids is 1. The van der Waals surface area contributed by atoms with Gasteiger partial charge >= 0.3 is 12.0 Å². The van der Waals surface area contributed by atoms with Crippen molar-refractivity contribution in [3.8, 4) is 0 Å². The molecule has 1 aliphatic carbocycles. The molecule has 0 unspecified atom stereocenters. The first-order valence-corrected chi connectivity index (χ1v) is 6.79. The number of carboxylic acids is 1. The molecule has 18 heavy (non-hydrogen) atoms. The van der Waals surface area contributed by atoms with Crippen LogP contribution in [0.25, 0.3) is 0 Å². The van der Waals surface area contributed by atoms with E-state index in [4.69, 9.17) is 5.11 Å². The number of aromatic carboxylic acids is 1. The van der Waals surface area contributed by atoms with Gasteiger partial charge in [-0.3, -0.25) is 5.32 Å². The Bertz CT molecular complexity index is 454. The normalized spacial score (nSPS) is 14.9. The van der Waals surface area contributed by atoms with Gasteiger partial charge in [0.2, 0.25) is 0 Å². The maximum atomic E-state index is 11.9. The number of anilines is 1. The highest BCUT2D eigenvalue weighted by molar-refractivity contribution is 7.14. The van der Waals surface area contributed by atoms with Crippen LogP contribution in [0.1, 0.15) is 29.6 Å². The SMILES string of the molecule is CN(CC1CCC1)C(=O)Nc1sccc1C(=O)O. The van der Waals surface area contributed by atoms with E-state index >= 15 is 0 Å². The smallest absolute Gasteiger partial charge is 0.338 e. The highest BCUT2D eigenvalue weighted by atomic mass is 32.1. The molecular formula is C12H16N2O3S. The zero-order chi connectivity index (χ0) is 13.1. The van der Waals surface area contributed by atoms with Crippen molar-refractivity contribution in [2.75, 3.05) is 18.9 Å². The second kappa shape index (κ2) is 5.39. The lowest BCUT2D eigenvalue weighted by atomic mass is 9.85. The summed E-state index contributed by atoms with van der Waals surface area (Å²) in [4.78, 5) is 24.4. The van der Waals surface area contributed by atoms with Crippen LogP contribution in [0.2, 0.25) is 0 Å². The van der Waals surface area contributed by atoms with E-state index in [1.165, 1.54) is 36.7 Å². The number of carboxylic acid groups (broad SMARTS) is 1. The van der Waals surface area contributed by atoms with E-state index in [9.17, 15) is 9.59 Å². The molecule has 2 N–H and O–H groups in total. The van der Waals surface area contributed by atoms with Gasteiger partial charge in [0, 0.05) is 13.6 Å². The minimum absolute atomic E-state index is 0.144. The maximum Gasteiger partial charge on any atom is 0.338 e. The van der Waals surface area contributed by atoms with E-state index in [2.05, 4.69) is 5.32 Å².